The van der Waals surface area contributed by atoms with Crippen LogP contribution in [0.1, 0.15) is 55.9 Å². The topological polar surface area (TPSA) is 101 Å². The summed E-state index contributed by atoms with van der Waals surface area (Å²) in [4.78, 5) is 11.9. The zero-order valence-corrected chi connectivity index (χ0v) is 22.3. The molecule has 0 spiro atoms. The van der Waals surface area contributed by atoms with Gasteiger partial charge in [0.25, 0.3) is 0 Å². The minimum Gasteiger partial charge on any atom is -0.489 e. The van der Waals surface area contributed by atoms with Gasteiger partial charge < -0.3 is 24.6 Å². The van der Waals surface area contributed by atoms with Crippen molar-refractivity contribution in [3.05, 3.63) is 64.7 Å². The van der Waals surface area contributed by atoms with E-state index in [1.807, 2.05) is 6.92 Å². The van der Waals surface area contributed by atoms with Crippen molar-refractivity contribution in [3.8, 4) is 11.8 Å². The maximum atomic E-state index is 11.9. The largest absolute Gasteiger partial charge is 0.489 e. The van der Waals surface area contributed by atoms with Crippen molar-refractivity contribution in [2.24, 2.45) is 5.92 Å². The van der Waals surface area contributed by atoms with Gasteiger partial charge >= 0.3 is 5.97 Å². The molecule has 0 heterocycles. The average Bonchev–Trinajstić information content (AvgIpc) is 3.29. The lowest BCUT2D eigenvalue weighted by molar-refractivity contribution is -0.145. The summed E-state index contributed by atoms with van der Waals surface area (Å²) in [6.45, 7) is 7.90. The Labute approximate surface area is 220 Å². The first-order chi connectivity index (χ1) is 17.8. The Morgan fingerprint density at radius 3 is 2.59 bits per heavy atom. The van der Waals surface area contributed by atoms with Crippen molar-refractivity contribution in [2.75, 3.05) is 33.0 Å². The fourth-order valence-corrected chi connectivity index (χ4v) is 4.84. The number of nitrogens with one attached hydrogen (secondary N) is 1. The zero-order valence-electron chi connectivity index (χ0n) is 22.3. The second kappa shape index (κ2) is 14.1. The molecule has 1 aliphatic carbocycles. The molecule has 0 saturated carbocycles. The van der Waals surface area contributed by atoms with Crippen molar-refractivity contribution in [2.45, 2.75) is 64.5 Å². The van der Waals surface area contributed by atoms with Gasteiger partial charge in [-0.05, 0) is 81.2 Å². The first-order valence-corrected chi connectivity index (χ1v) is 13.2. The van der Waals surface area contributed by atoms with Crippen LogP contribution in [0, 0.1) is 17.2 Å². The molecule has 0 saturated heterocycles. The van der Waals surface area contributed by atoms with Crippen LogP contribution in [-0.2, 0) is 33.5 Å². The van der Waals surface area contributed by atoms with E-state index in [0.29, 0.717) is 43.4 Å². The number of ether oxygens (including phenoxy) is 3. The Morgan fingerprint density at radius 2 is 1.92 bits per heavy atom. The molecule has 3 rings (SSSR count). The van der Waals surface area contributed by atoms with Crippen LogP contribution < -0.4 is 10.1 Å². The third-order valence-electron chi connectivity index (χ3n) is 6.66. The smallest absolute Gasteiger partial charge is 0.306 e. The Kier molecular flexibility index (Phi) is 10.9. The lowest BCUT2D eigenvalue weighted by Gasteiger charge is -2.30. The molecule has 1 atom stereocenters. The van der Waals surface area contributed by atoms with Crippen molar-refractivity contribution in [1.29, 1.82) is 5.26 Å². The number of aryl methyl sites for hydroxylation is 1. The Hall–Kier alpha value is -2.92. The molecule has 7 nitrogen and oxygen atoms in total. The van der Waals surface area contributed by atoms with E-state index in [1.165, 1.54) is 11.1 Å². The number of benzene rings is 2. The van der Waals surface area contributed by atoms with Gasteiger partial charge in [-0.2, -0.15) is 5.26 Å². The number of rotatable bonds is 15. The normalized spacial score (nSPS) is 14.1. The van der Waals surface area contributed by atoms with Crippen LogP contribution in [-0.4, -0.2) is 55.7 Å². The third-order valence-corrected chi connectivity index (χ3v) is 6.66. The number of hydrogen-bond donors (Lipinski definition) is 2. The summed E-state index contributed by atoms with van der Waals surface area (Å²) < 4.78 is 16.1. The zero-order chi connectivity index (χ0) is 26.7. The van der Waals surface area contributed by atoms with Gasteiger partial charge in [0.05, 0.1) is 12.2 Å². The second-order valence-electron chi connectivity index (χ2n) is 10.3. The molecule has 200 valence electrons. The summed E-state index contributed by atoms with van der Waals surface area (Å²) in [6.07, 6.45) is 3.19. The summed E-state index contributed by atoms with van der Waals surface area (Å²) in [7, 11) is 0. The SMILES string of the molecule is CCOCCOC(=O)CCc1ccc(C#N)c(OCC(O)CNC(C)(C)CC2Cc3ccccc3C2)c1. The third kappa shape index (κ3) is 9.47. The van der Waals surface area contributed by atoms with Crippen LogP contribution in [0.3, 0.4) is 0 Å². The van der Waals surface area contributed by atoms with E-state index in [2.05, 4.69) is 49.5 Å². The van der Waals surface area contributed by atoms with E-state index in [4.69, 9.17) is 14.2 Å². The minimum absolute atomic E-state index is 0.0650. The quantitative estimate of drug-likeness (QED) is 0.277. The number of fused-ring (bicyclic) bond motifs is 1. The number of carbonyl (C=O) groups is 1. The number of aliphatic hydroxyl groups is 1. The summed E-state index contributed by atoms with van der Waals surface area (Å²) in [6, 6.07) is 16.0. The van der Waals surface area contributed by atoms with E-state index >= 15 is 0 Å². The molecule has 0 bridgehead atoms. The van der Waals surface area contributed by atoms with Crippen molar-refractivity contribution >= 4 is 5.97 Å². The molecule has 2 N–H and O–H groups in total. The van der Waals surface area contributed by atoms with Crippen molar-refractivity contribution in [1.82, 2.24) is 5.32 Å². The molecule has 0 aliphatic heterocycles. The minimum atomic E-state index is -0.726. The maximum absolute atomic E-state index is 11.9. The van der Waals surface area contributed by atoms with Gasteiger partial charge in [0.15, 0.2) is 0 Å². The van der Waals surface area contributed by atoms with Crippen LogP contribution in [0.4, 0.5) is 0 Å². The molecule has 2 aromatic carbocycles. The molecular formula is C30H40N2O5. The highest BCUT2D eigenvalue weighted by Gasteiger charge is 2.28. The van der Waals surface area contributed by atoms with E-state index < -0.39 is 6.10 Å². The van der Waals surface area contributed by atoms with E-state index in [1.54, 1.807) is 18.2 Å². The van der Waals surface area contributed by atoms with E-state index in [0.717, 1.165) is 24.8 Å². The van der Waals surface area contributed by atoms with Crippen LogP contribution in [0.2, 0.25) is 0 Å². The fraction of sp³-hybridized carbons (Fsp3) is 0.533. The van der Waals surface area contributed by atoms with Crippen molar-refractivity contribution < 1.29 is 24.1 Å². The molecule has 1 aliphatic rings. The number of aliphatic hydroxyl groups excluding tert-OH is 1. The number of nitriles is 1. The predicted molar refractivity (Wildman–Crippen MR) is 142 cm³/mol. The van der Waals surface area contributed by atoms with Gasteiger partial charge in [-0.15, -0.1) is 0 Å². The molecule has 2 aromatic rings. The summed E-state index contributed by atoms with van der Waals surface area (Å²) in [5.74, 6) is 0.708. The molecule has 0 fully saturated rings. The van der Waals surface area contributed by atoms with Gasteiger partial charge in [0, 0.05) is 25.1 Å². The molecule has 0 radical (unpaired) electrons. The van der Waals surface area contributed by atoms with Crippen LogP contribution in [0.15, 0.2) is 42.5 Å². The van der Waals surface area contributed by atoms with Gasteiger partial charge in [-0.1, -0.05) is 30.3 Å². The number of esters is 1. The van der Waals surface area contributed by atoms with E-state index in [9.17, 15) is 15.2 Å². The van der Waals surface area contributed by atoms with Crippen LogP contribution in [0.25, 0.3) is 0 Å². The van der Waals surface area contributed by atoms with Gasteiger partial charge in [0.2, 0.25) is 0 Å². The van der Waals surface area contributed by atoms with Gasteiger partial charge in [0.1, 0.15) is 31.1 Å². The Bertz CT molecular complexity index is 1040. The number of hydrogen-bond acceptors (Lipinski definition) is 7. The number of nitrogens with zero attached hydrogens (tertiary/aromatic N) is 1. The highest BCUT2D eigenvalue weighted by molar-refractivity contribution is 5.69. The van der Waals surface area contributed by atoms with Gasteiger partial charge in [-0.3, -0.25) is 4.79 Å². The fourth-order valence-electron chi connectivity index (χ4n) is 4.84. The lowest BCUT2D eigenvalue weighted by atomic mass is 9.88. The molecular weight excluding hydrogens is 468 g/mol. The predicted octanol–water partition coefficient (Wildman–Crippen LogP) is 3.98. The monoisotopic (exact) mass is 508 g/mol. The highest BCUT2D eigenvalue weighted by atomic mass is 16.6. The maximum Gasteiger partial charge on any atom is 0.306 e. The molecule has 7 heteroatoms. The van der Waals surface area contributed by atoms with Crippen LogP contribution >= 0.6 is 0 Å². The number of carbonyl (C=O) groups excluding carboxylic acids is 1. The highest BCUT2D eigenvalue weighted by Crippen LogP contribution is 2.31. The summed E-state index contributed by atoms with van der Waals surface area (Å²) >= 11 is 0. The summed E-state index contributed by atoms with van der Waals surface area (Å²) in [5.41, 5.74) is 4.03. The summed E-state index contributed by atoms with van der Waals surface area (Å²) in [5, 5.41) is 23.5. The molecule has 1 unspecified atom stereocenters. The number of β-amino-alcohol motifs (C(OH)–C–C–N with tert-alkyl or cyclic N) is 1. The van der Waals surface area contributed by atoms with Gasteiger partial charge in [-0.25, -0.2) is 0 Å². The average molecular weight is 509 g/mol. The Balaban J connectivity index is 1.43. The Morgan fingerprint density at radius 1 is 1.19 bits per heavy atom. The first-order valence-electron chi connectivity index (χ1n) is 13.2. The van der Waals surface area contributed by atoms with Crippen LogP contribution in [0.5, 0.6) is 5.75 Å². The first kappa shape index (κ1) is 28.6. The molecule has 0 aromatic heterocycles. The molecule has 0 amide bonds. The molecule has 37 heavy (non-hydrogen) atoms. The lowest BCUT2D eigenvalue weighted by Crippen LogP contribution is -2.46. The van der Waals surface area contributed by atoms with E-state index in [-0.39, 0.29) is 31.1 Å². The van der Waals surface area contributed by atoms with Crippen molar-refractivity contribution in [3.63, 3.8) is 0 Å². The second-order valence-corrected chi connectivity index (χ2v) is 10.3. The standard InChI is InChI=1S/C30H40N2O5/c1-4-35-13-14-36-29(34)12-10-22-9-11-26(19-31)28(17-22)37-21-27(33)20-32-30(2,3)18-23-15-24-7-5-6-8-25(24)16-23/h5-9,11,17,23,27,32-33H,4,10,12-16,18,20-21H2,1-3H3.